The van der Waals surface area contributed by atoms with Crippen LogP contribution in [0.1, 0.15) is 75.2 Å². The molecule has 0 aliphatic carbocycles. The van der Waals surface area contributed by atoms with Crippen LogP contribution in [0.3, 0.4) is 0 Å². The monoisotopic (exact) mass is 687 g/mol. The first-order chi connectivity index (χ1) is 22.9. The third-order valence-corrected chi connectivity index (χ3v) is 8.44. The number of aliphatic carboxylic acids is 1. The first-order valence-corrected chi connectivity index (χ1v) is 17.5. The molecule has 1 atom stereocenters. The number of aliphatic hydroxyl groups is 2. The molecule has 0 saturated heterocycles. The lowest BCUT2D eigenvalue weighted by atomic mass is 10.1. The predicted molar refractivity (Wildman–Crippen MR) is 185 cm³/mol. The smallest absolute Gasteiger partial charge is 0.300 e. The van der Waals surface area contributed by atoms with Gasteiger partial charge >= 0.3 is 0 Å². The van der Waals surface area contributed by atoms with Gasteiger partial charge in [0.05, 0.1) is 17.6 Å². The van der Waals surface area contributed by atoms with Crippen LogP contribution in [0.15, 0.2) is 71.6 Å². The number of phenols is 1. The van der Waals surface area contributed by atoms with E-state index in [1.807, 2.05) is 6.07 Å². The van der Waals surface area contributed by atoms with E-state index < -0.39 is 22.1 Å². The lowest BCUT2D eigenvalue weighted by Crippen LogP contribution is -2.22. The summed E-state index contributed by atoms with van der Waals surface area (Å²) < 4.78 is 34.1. The summed E-state index contributed by atoms with van der Waals surface area (Å²) in [5.74, 6) is -1.00. The number of hydrogen-bond donors (Lipinski definition) is 7. The number of aliphatic hydroxyl groups excluding tert-OH is 2. The molecule has 0 aliphatic heterocycles. The Balaban J connectivity index is 0.00000189. The summed E-state index contributed by atoms with van der Waals surface area (Å²) in [6, 6.07) is 18.2. The summed E-state index contributed by atoms with van der Waals surface area (Å²) in [5.41, 5.74) is 3.03. The number of benzene rings is 3. The molecule has 3 aromatic rings. The normalized spacial score (nSPS) is 11.7. The summed E-state index contributed by atoms with van der Waals surface area (Å²) in [6.07, 6.45) is 5.97. The summed E-state index contributed by atoms with van der Waals surface area (Å²) >= 11 is 0. The Labute approximate surface area is 283 Å². The Morgan fingerprint density at radius 2 is 1.50 bits per heavy atom. The highest BCUT2D eigenvalue weighted by Gasteiger charge is 2.15. The number of ether oxygens (including phenoxy) is 1. The molecule has 0 unspecified atom stereocenters. The van der Waals surface area contributed by atoms with Gasteiger partial charge in [-0.05, 0) is 98.3 Å². The van der Waals surface area contributed by atoms with Crippen molar-refractivity contribution in [2.75, 3.05) is 36.3 Å². The Morgan fingerprint density at radius 1 is 0.854 bits per heavy atom. The fraction of sp³-hybridized carbons (Fsp3) is 0.429. The minimum Gasteiger partial charge on any atom is -0.508 e. The average Bonchev–Trinajstić information content (AvgIpc) is 3.04. The van der Waals surface area contributed by atoms with E-state index in [4.69, 9.17) is 14.6 Å². The number of carboxylic acid groups (broad SMARTS) is 1. The fourth-order valence-corrected chi connectivity index (χ4v) is 5.77. The largest absolute Gasteiger partial charge is 0.508 e. The van der Waals surface area contributed by atoms with Gasteiger partial charge in [0, 0.05) is 50.5 Å². The van der Waals surface area contributed by atoms with Crippen molar-refractivity contribution < 1.29 is 43.2 Å². The molecule has 48 heavy (non-hydrogen) atoms. The second-order valence-electron chi connectivity index (χ2n) is 11.3. The Kier molecular flexibility index (Phi) is 18.2. The number of amides is 1. The van der Waals surface area contributed by atoms with Gasteiger partial charge in [0.2, 0.25) is 5.91 Å². The van der Waals surface area contributed by atoms with Crippen molar-refractivity contribution in [3.63, 3.8) is 0 Å². The third kappa shape index (κ3) is 16.2. The summed E-state index contributed by atoms with van der Waals surface area (Å²) in [4.78, 5) is 20.4. The number of carbonyl (C=O) groups is 2. The zero-order valence-electron chi connectivity index (χ0n) is 27.7. The molecule has 3 rings (SSSR count). The highest BCUT2D eigenvalue weighted by atomic mass is 32.2. The number of aromatic hydroxyl groups is 1. The standard InChI is InChI=1S/C33H45N3O7S.C2H4O2/c1-25(38)35-29-13-15-30(16-14-29)36-44(41,42)31-11-8-10-26(21-31)9-4-7-20-43-19-6-3-2-5-18-34-23-33(40)27-12-17-32(39)28(22-27)24-37;1-2(3)4/h8,10-17,21-22,33-34,36-37,39-40H,2-7,9,18-20,23-24H2,1H3,(H,35,38);1H3,(H,3,4)/t33-;/m0./s1. The van der Waals surface area contributed by atoms with Crippen LogP contribution in [0.25, 0.3) is 0 Å². The maximum atomic E-state index is 12.9. The number of carboxylic acids is 1. The molecule has 3 aromatic carbocycles. The molecule has 0 radical (unpaired) electrons. The van der Waals surface area contributed by atoms with E-state index in [2.05, 4.69) is 15.4 Å². The van der Waals surface area contributed by atoms with Crippen LogP contribution in [0.4, 0.5) is 11.4 Å². The first-order valence-electron chi connectivity index (χ1n) is 16.0. The van der Waals surface area contributed by atoms with Gasteiger partial charge in [-0.3, -0.25) is 14.3 Å². The van der Waals surface area contributed by atoms with E-state index in [-0.39, 0.29) is 23.2 Å². The minimum absolute atomic E-state index is 0.0245. The minimum atomic E-state index is -3.74. The van der Waals surface area contributed by atoms with E-state index in [0.29, 0.717) is 42.3 Å². The zero-order chi connectivity index (χ0) is 35.4. The van der Waals surface area contributed by atoms with Crippen molar-refractivity contribution in [3.05, 3.63) is 83.4 Å². The molecule has 0 aliphatic rings. The van der Waals surface area contributed by atoms with E-state index in [1.54, 1.807) is 54.6 Å². The maximum Gasteiger partial charge on any atom is 0.300 e. The van der Waals surface area contributed by atoms with Gasteiger partial charge < -0.3 is 35.8 Å². The lowest BCUT2D eigenvalue weighted by molar-refractivity contribution is -0.134. The fourth-order valence-electron chi connectivity index (χ4n) is 4.65. The number of hydrogen-bond acceptors (Lipinski definition) is 9. The predicted octanol–water partition coefficient (Wildman–Crippen LogP) is 4.96. The number of sulfonamides is 1. The third-order valence-electron chi connectivity index (χ3n) is 7.06. The quantitative estimate of drug-likeness (QED) is 0.0799. The maximum absolute atomic E-state index is 12.9. The van der Waals surface area contributed by atoms with Crippen molar-refractivity contribution >= 4 is 33.3 Å². The first kappa shape index (κ1) is 40.2. The molecule has 0 spiro atoms. The molecular formula is C35H49N3O9S. The number of nitrogens with one attached hydrogen (secondary N) is 3. The number of rotatable bonds is 20. The molecule has 0 fully saturated rings. The van der Waals surface area contributed by atoms with E-state index in [1.165, 1.54) is 13.0 Å². The van der Waals surface area contributed by atoms with Gasteiger partial charge in [0.15, 0.2) is 0 Å². The molecule has 13 heteroatoms. The van der Waals surface area contributed by atoms with Gasteiger partial charge in [-0.15, -0.1) is 0 Å². The van der Waals surface area contributed by atoms with Gasteiger partial charge in [-0.2, -0.15) is 0 Å². The summed E-state index contributed by atoms with van der Waals surface area (Å²) in [7, 11) is -3.74. The SMILES string of the molecule is CC(=O)Nc1ccc(NS(=O)(=O)c2cccc(CCCCOCCCCCCNC[C@H](O)c3ccc(O)c(CO)c3)c2)cc1.CC(=O)O. The molecule has 0 aromatic heterocycles. The Hall–Kier alpha value is -4.01. The number of anilines is 2. The number of unbranched alkanes of at least 4 members (excludes halogenated alkanes) is 4. The molecule has 1 amide bonds. The second-order valence-corrected chi connectivity index (χ2v) is 13.0. The zero-order valence-corrected chi connectivity index (χ0v) is 28.5. The Bertz CT molecular complexity index is 1510. The van der Waals surface area contributed by atoms with Crippen LogP contribution in [0.5, 0.6) is 5.75 Å². The molecule has 7 N–H and O–H groups in total. The van der Waals surface area contributed by atoms with Crippen LogP contribution in [-0.4, -0.2) is 67.0 Å². The van der Waals surface area contributed by atoms with Crippen LogP contribution < -0.4 is 15.4 Å². The molecule has 0 saturated carbocycles. The molecule has 12 nitrogen and oxygen atoms in total. The summed E-state index contributed by atoms with van der Waals surface area (Å²) in [5, 5.41) is 42.5. The second kappa shape index (κ2) is 21.8. The average molecular weight is 688 g/mol. The lowest BCUT2D eigenvalue weighted by Gasteiger charge is -2.14. The van der Waals surface area contributed by atoms with Crippen molar-refractivity contribution in [3.8, 4) is 5.75 Å². The van der Waals surface area contributed by atoms with Gasteiger partial charge in [0.1, 0.15) is 5.75 Å². The number of carbonyl (C=O) groups excluding carboxylic acids is 1. The van der Waals surface area contributed by atoms with E-state index >= 15 is 0 Å². The van der Waals surface area contributed by atoms with Crippen molar-refractivity contribution in [2.24, 2.45) is 0 Å². The summed E-state index contributed by atoms with van der Waals surface area (Å²) in [6.45, 7) is 4.82. The Morgan fingerprint density at radius 3 is 2.17 bits per heavy atom. The number of aryl methyl sites for hydroxylation is 1. The van der Waals surface area contributed by atoms with Gasteiger partial charge in [0.25, 0.3) is 16.0 Å². The van der Waals surface area contributed by atoms with Crippen LogP contribution in [0, 0.1) is 0 Å². The van der Waals surface area contributed by atoms with E-state index in [0.717, 1.165) is 64.0 Å². The van der Waals surface area contributed by atoms with Crippen LogP contribution in [-0.2, 0) is 37.4 Å². The molecular weight excluding hydrogens is 638 g/mol. The van der Waals surface area contributed by atoms with E-state index in [9.17, 15) is 28.5 Å². The van der Waals surface area contributed by atoms with Gasteiger partial charge in [-0.1, -0.05) is 31.0 Å². The van der Waals surface area contributed by atoms with Crippen LogP contribution in [0.2, 0.25) is 0 Å². The highest BCUT2D eigenvalue weighted by Crippen LogP contribution is 2.23. The highest BCUT2D eigenvalue weighted by molar-refractivity contribution is 7.92. The molecule has 0 heterocycles. The molecule has 0 bridgehead atoms. The van der Waals surface area contributed by atoms with Crippen molar-refractivity contribution in [2.45, 2.75) is 76.4 Å². The molecule has 264 valence electrons. The van der Waals surface area contributed by atoms with Crippen molar-refractivity contribution in [1.82, 2.24) is 5.32 Å². The van der Waals surface area contributed by atoms with Crippen molar-refractivity contribution in [1.29, 1.82) is 0 Å². The van der Waals surface area contributed by atoms with Crippen LogP contribution >= 0.6 is 0 Å². The topological polar surface area (TPSA) is 195 Å². The van der Waals surface area contributed by atoms with Gasteiger partial charge in [-0.25, -0.2) is 8.42 Å².